The van der Waals surface area contributed by atoms with Crippen molar-refractivity contribution in [3.63, 3.8) is 0 Å². The normalized spacial score (nSPS) is 10.9. The smallest absolute Gasteiger partial charge is 0.312 e. The van der Waals surface area contributed by atoms with Crippen LogP contribution in [0.15, 0.2) is 59.3 Å². The van der Waals surface area contributed by atoms with E-state index in [4.69, 9.17) is 16.0 Å². The number of primary amides is 1. The number of carbonyl (C=O) groups excluding carboxylic acids is 1. The van der Waals surface area contributed by atoms with Crippen molar-refractivity contribution in [1.82, 2.24) is 20.2 Å². The van der Waals surface area contributed by atoms with Crippen molar-refractivity contribution in [1.29, 1.82) is 0 Å². The number of benzene rings is 2. The van der Waals surface area contributed by atoms with Crippen LogP contribution in [0.5, 0.6) is 0 Å². The molecular formula is C19H15ClN5O2+. The van der Waals surface area contributed by atoms with E-state index in [-0.39, 0.29) is 5.91 Å². The van der Waals surface area contributed by atoms with Crippen LogP contribution < -0.4 is 5.32 Å². The summed E-state index contributed by atoms with van der Waals surface area (Å²) in [5, 5.41) is 8.81. The highest BCUT2D eigenvalue weighted by molar-refractivity contribution is 6.33. The third-order valence-electron chi connectivity index (χ3n) is 3.91. The van der Waals surface area contributed by atoms with Gasteiger partial charge in [0.15, 0.2) is 17.3 Å². The quantitative estimate of drug-likeness (QED) is 0.529. The molecule has 7 nitrogen and oxygen atoms in total. The van der Waals surface area contributed by atoms with Gasteiger partial charge in [-0.2, -0.15) is 5.10 Å². The predicted molar refractivity (Wildman–Crippen MR) is 100 cm³/mol. The van der Waals surface area contributed by atoms with E-state index < -0.39 is 0 Å². The second kappa shape index (κ2) is 7.14. The van der Waals surface area contributed by atoms with Crippen LogP contribution in [0.3, 0.4) is 0 Å². The zero-order chi connectivity index (χ0) is 18.8. The molecule has 3 N–H and O–H groups in total. The number of halogens is 1. The number of nitrogens with two attached hydrogens (primary N) is 1. The molecule has 27 heavy (non-hydrogen) atoms. The first-order valence-electron chi connectivity index (χ1n) is 8.19. The van der Waals surface area contributed by atoms with E-state index in [1.165, 1.54) is 13.3 Å². The summed E-state index contributed by atoms with van der Waals surface area (Å²) in [4.78, 5) is 20.0. The zero-order valence-electron chi connectivity index (χ0n) is 14.3. The van der Waals surface area contributed by atoms with E-state index in [1.54, 1.807) is 11.4 Å². The molecule has 0 radical (unpaired) electrons. The van der Waals surface area contributed by atoms with Gasteiger partial charge in [-0.3, -0.25) is 10.4 Å². The lowest BCUT2D eigenvalue weighted by Gasteiger charge is -2.01. The molecule has 2 aromatic carbocycles. The molecule has 0 spiro atoms. The molecule has 0 atom stereocenters. The van der Waals surface area contributed by atoms with E-state index in [1.807, 2.05) is 42.5 Å². The summed E-state index contributed by atoms with van der Waals surface area (Å²) in [6.07, 6.45) is 1.41. The number of carbonyl (C=O) groups is 1. The average molecular weight is 381 g/mol. The molecule has 0 unspecified atom stereocenters. The van der Waals surface area contributed by atoms with Gasteiger partial charge in [0.2, 0.25) is 5.89 Å². The van der Waals surface area contributed by atoms with Gasteiger partial charge in [0.25, 0.3) is 0 Å². The number of oxazole rings is 1. The molecule has 8 heteroatoms. The largest absolute Gasteiger partial charge is 0.435 e. The Morgan fingerprint density at radius 2 is 1.93 bits per heavy atom. The molecule has 0 saturated carbocycles. The fourth-order valence-electron chi connectivity index (χ4n) is 2.71. The fraction of sp³-hybridized carbons (Fsp3) is 0.0526. The van der Waals surface area contributed by atoms with E-state index in [9.17, 15) is 4.79 Å². The van der Waals surface area contributed by atoms with Crippen molar-refractivity contribution in [3.05, 3.63) is 59.9 Å². The zero-order valence-corrected chi connectivity index (χ0v) is 15.1. The van der Waals surface area contributed by atoms with Crippen LogP contribution in [0.4, 0.5) is 5.69 Å². The molecule has 1 amide bonds. The molecule has 0 saturated heterocycles. The molecule has 134 valence electrons. The number of nitrogens with one attached hydrogen (secondary N) is 1. The van der Waals surface area contributed by atoms with Gasteiger partial charge in [0.05, 0.1) is 11.9 Å². The van der Waals surface area contributed by atoms with Gasteiger partial charge in [-0.1, -0.05) is 23.7 Å². The van der Waals surface area contributed by atoms with Gasteiger partial charge in [0.1, 0.15) is 12.0 Å². The maximum Gasteiger partial charge on any atom is 0.312 e. The highest BCUT2D eigenvalue weighted by Gasteiger charge is 2.21. The van der Waals surface area contributed by atoms with Gasteiger partial charge in [-0.05, 0) is 24.3 Å². The molecule has 0 bridgehead atoms. The van der Waals surface area contributed by atoms with Gasteiger partial charge in [-0.25, -0.2) is 14.8 Å². The van der Waals surface area contributed by atoms with Crippen LogP contribution in [0.2, 0.25) is 5.02 Å². The van der Waals surface area contributed by atoms with Crippen molar-refractivity contribution < 1.29 is 14.5 Å². The van der Waals surface area contributed by atoms with Gasteiger partial charge < -0.3 is 4.42 Å². The number of rotatable bonds is 4. The van der Waals surface area contributed by atoms with E-state index >= 15 is 0 Å². The second-order valence-corrected chi connectivity index (χ2v) is 6.29. The molecule has 4 rings (SSSR count). The first-order chi connectivity index (χ1) is 13.1. The Hall–Kier alpha value is -3.29. The molecule has 0 aliphatic heterocycles. The number of nitrogens with zero attached hydrogens (tertiary/aromatic N) is 3. The van der Waals surface area contributed by atoms with Crippen molar-refractivity contribution in [2.75, 3.05) is 0 Å². The lowest BCUT2D eigenvalue weighted by molar-refractivity contribution is -0.481. The summed E-state index contributed by atoms with van der Waals surface area (Å²) >= 11 is 6.35. The van der Waals surface area contributed by atoms with Gasteiger partial charge in [0, 0.05) is 23.3 Å². The fourth-order valence-corrected chi connectivity index (χ4v) is 2.93. The topological polar surface area (TPSA) is 101 Å². The number of aromatic nitrogens is 4. The summed E-state index contributed by atoms with van der Waals surface area (Å²) in [5.41, 5.74) is 2.83. The van der Waals surface area contributed by atoms with Crippen molar-refractivity contribution in [2.24, 2.45) is 0 Å². The average Bonchev–Trinajstić information content (AvgIpc) is 3.32. The van der Waals surface area contributed by atoms with Gasteiger partial charge >= 0.3 is 5.91 Å². The molecule has 0 aliphatic rings. The lowest BCUT2D eigenvalue weighted by atomic mass is 10.1. The Morgan fingerprint density at radius 1 is 1.15 bits per heavy atom. The Kier molecular flexibility index (Phi) is 4.53. The second-order valence-electron chi connectivity index (χ2n) is 5.89. The molecule has 0 fully saturated rings. The highest BCUT2D eigenvalue weighted by atomic mass is 35.5. The molecule has 2 heterocycles. The number of hydrogen-bond donors (Lipinski definition) is 2. The number of H-pyrrole nitrogens is 1. The van der Waals surface area contributed by atoms with Crippen LogP contribution in [0.1, 0.15) is 6.92 Å². The Balaban J connectivity index is 1.80. The maximum atomic E-state index is 11.2. The monoisotopic (exact) mass is 380 g/mol. The lowest BCUT2D eigenvalue weighted by Crippen LogP contribution is -2.81. The SMILES string of the molecule is CC(=O)[NH2+]c1ccc(-c2nc(-c3ncn[nH]3)c(-c3ccccc3Cl)o2)cc1. The van der Waals surface area contributed by atoms with Crippen LogP contribution in [-0.4, -0.2) is 26.1 Å². The first kappa shape index (κ1) is 17.1. The van der Waals surface area contributed by atoms with Crippen LogP contribution in [-0.2, 0) is 4.79 Å². The highest BCUT2D eigenvalue weighted by Crippen LogP contribution is 2.37. The van der Waals surface area contributed by atoms with Crippen molar-refractivity contribution in [3.8, 4) is 34.3 Å². The van der Waals surface area contributed by atoms with E-state index in [0.29, 0.717) is 33.8 Å². The van der Waals surface area contributed by atoms with E-state index in [0.717, 1.165) is 11.3 Å². The van der Waals surface area contributed by atoms with E-state index in [2.05, 4.69) is 20.2 Å². The Morgan fingerprint density at radius 3 is 2.59 bits per heavy atom. The van der Waals surface area contributed by atoms with Gasteiger partial charge in [-0.15, -0.1) is 0 Å². The first-order valence-corrected chi connectivity index (χ1v) is 8.57. The number of quaternary nitrogens is 1. The maximum absolute atomic E-state index is 11.2. The Bertz CT molecular complexity index is 1090. The summed E-state index contributed by atoms with van der Waals surface area (Å²) in [6, 6.07) is 14.7. The number of amides is 1. The van der Waals surface area contributed by atoms with Crippen LogP contribution >= 0.6 is 11.6 Å². The molecule has 0 aliphatic carbocycles. The third-order valence-corrected chi connectivity index (χ3v) is 4.24. The summed E-state index contributed by atoms with van der Waals surface area (Å²) in [6.45, 7) is 1.52. The third kappa shape index (κ3) is 3.51. The Labute approximate surface area is 159 Å². The minimum Gasteiger partial charge on any atom is -0.435 e. The standard InChI is InChI=1S/C19H14ClN5O2/c1-11(26)23-13-8-6-12(7-9-13)19-24-16(18-21-10-22-25-18)17(27-19)14-4-2-3-5-15(14)20/h2-10H,1H3,(H,23,26)(H,21,22,25)/p+1. The summed E-state index contributed by atoms with van der Waals surface area (Å²) in [7, 11) is 0. The van der Waals surface area contributed by atoms with Crippen LogP contribution in [0.25, 0.3) is 34.3 Å². The summed E-state index contributed by atoms with van der Waals surface area (Å²) < 4.78 is 6.05. The summed E-state index contributed by atoms with van der Waals surface area (Å²) in [5.74, 6) is 1.41. The van der Waals surface area contributed by atoms with Crippen LogP contribution in [0, 0.1) is 0 Å². The molecular weight excluding hydrogens is 366 g/mol. The molecule has 4 aromatic rings. The van der Waals surface area contributed by atoms with Crippen molar-refractivity contribution >= 4 is 23.2 Å². The van der Waals surface area contributed by atoms with Crippen molar-refractivity contribution in [2.45, 2.75) is 6.92 Å². The minimum atomic E-state index is -0.00696. The number of hydrogen-bond acceptors (Lipinski definition) is 5. The minimum absolute atomic E-state index is 0.00696. The molecule has 2 aromatic heterocycles. The predicted octanol–water partition coefficient (Wildman–Crippen LogP) is 3.19. The number of aromatic amines is 1.